The Bertz CT molecular complexity index is 1260. The first-order valence-electron chi connectivity index (χ1n) is 12.5. The SMILES string of the molecule is Cc1ccc2c(NC(=O)N3CCCC(C(=O)N4CCCC4C4=CC=CN(C)C4)C3)c(C(N)=O)oc2n1. The Morgan fingerprint density at radius 1 is 1.17 bits per heavy atom. The van der Waals surface area contributed by atoms with E-state index in [2.05, 4.69) is 21.3 Å². The molecule has 36 heavy (non-hydrogen) atoms. The number of pyridine rings is 1. The molecule has 2 aromatic heterocycles. The van der Waals surface area contributed by atoms with Gasteiger partial charge >= 0.3 is 6.03 Å². The molecule has 10 heteroatoms. The summed E-state index contributed by atoms with van der Waals surface area (Å²) in [6.45, 7) is 4.22. The number of furan rings is 1. The van der Waals surface area contributed by atoms with E-state index in [1.54, 1.807) is 24.0 Å². The van der Waals surface area contributed by atoms with Crippen LogP contribution in [-0.4, -0.2) is 76.8 Å². The van der Waals surface area contributed by atoms with Crippen LogP contribution >= 0.6 is 0 Å². The summed E-state index contributed by atoms with van der Waals surface area (Å²) in [5.74, 6) is -1.08. The number of aromatic nitrogens is 1. The number of carbonyl (C=O) groups excluding carboxylic acids is 3. The number of piperidine rings is 1. The lowest BCUT2D eigenvalue weighted by molar-refractivity contribution is -0.137. The fourth-order valence-corrected chi connectivity index (χ4v) is 5.49. The number of hydrogen-bond acceptors (Lipinski definition) is 6. The van der Waals surface area contributed by atoms with Crippen LogP contribution in [-0.2, 0) is 4.79 Å². The van der Waals surface area contributed by atoms with Crippen molar-refractivity contribution in [1.29, 1.82) is 0 Å². The molecular formula is C26H32N6O4. The number of rotatable bonds is 4. The number of carbonyl (C=O) groups is 3. The van der Waals surface area contributed by atoms with Gasteiger partial charge in [0.15, 0.2) is 0 Å². The Labute approximate surface area is 209 Å². The van der Waals surface area contributed by atoms with Gasteiger partial charge in [-0.15, -0.1) is 0 Å². The molecule has 0 radical (unpaired) electrons. The number of nitrogens with one attached hydrogen (secondary N) is 1. The highest BCUT2D eigenvalue weighted by Gasteiger charge is 2.38. The summed E-state index contributed by atoms with van der Waals surface area (Å²) >= 11 is 0. The van der Waals surface area contributed by atoms with Gasteiger partial charge in [0.2, 0.25) is 17.4 Å². The minimum Gasteiger partial charge on any atom is -0.430 e. The summed E-state index contributed by atoms with van der Waals surface area (Å²) in [5, 5.41) is 3.31. The Kier molecular flexibility index (Phi) is 6.42. The standard InChI is InChI=1S/C26H32N6O4/c1-16-9-10-19-21(22(23(27)33)36-24(19)28-16)29-26(35)31-12-4-7-18(15-31)25(34)32-13-5-8-20(32)17-6-3-11-30(2)14-17/h3,6,9-11,18,20H,4-5,7-8,12-15H2,1-2H3,(H2,27,33)(H,29,35). The highest BCUT2D eigenvalue weighted by Crippen LogP contribution is 2.32. The highest BCUT2D eigenvalue weighted by molar-refractivity contribution is 6.09. The third-order valence-corrected chi connectivity index (χ3v) is 7.25. The van der Waals surface area contributed by atoms with Crippen molar-refractivity contribution in [2.24, 2.45) is 11.7 Å². The lowest BCUT2D eigenvalue weighted by atomic mass is 9.95. The zero-order valence-corrected chi connectivity index (χ0v) is 20.7. The third kappa shape index (κ3) is 4.55. The van der Waals surface area contributed by atoms with Crippen molar-refractivity contribution < 1.29 is 18.8 Å². The van der Waals surface area contributed by atoms with Gasteiger partial charge in [-0.1, -0.05) is 6.08 Å². The van der Waals surface area contributed by atoms with Crippen molar-refractivity contribution in [2.45, 2.75) is 38.6 Å². The second kappa shape index (κ2) is 9.67. The summed E-state index contributed by atoms with van der Waals surface area (Å²) in [6.07, 6.45) is 9.61. The molecule has 190 valence electrons. The van der Waals surface area contributed by atoms with Gasteiger partial charge in [0, 0.05) is 38.9 Å². The normalized spacial score (nSPS) is 22.2. The number of allylic oxidation sites excluding steroid dienone is 2. The fourth-order valence-electron chi connectivity index (χ4n) is 5.49. The summed E-state index contributed by atoms with van der Waals surface area (Å²) < 4.78 is 5.54. The maximum atomic E-state index is 13.6. The largest absolute Gasteiger partial charge is 0.430 e. The highest BCUT2D eigenvalue weighted by atomic mass is 16.4. The minimum atomic E-state index is -0.787. The first-order valence-corrected chi connectivity index (χ1v) is 12.5. The third-order valence-electron chi connectivity index (χ3n) is 7.25. The van der Waals surface area contributed by atoms with Crippen LogP contribution < -0.4 is 11.1 Å². The Balaban J connectivity index is 1.30. The van der Waals surface area contributed by atoms with Crippen LogP contribution in [0.5, 0.6) is 0 Å². The molecule has 5 heterocycles. The molecule has 3 aliphatic heterocycles. The molecule has 0 saturated carbocycles. The first-order chi connectivity index (χ1) is 17.3. The van der Waals surface area contributed by atoms with E-state index in [1.165, 1.54) is 5.57 Å². The zero-order valence-electron chi connectivity index (χ0n) is 20.7. The van der Waals surface area contributed by atoms with Gasteiger partial charge in [0.1, 0.15) is 5.69 Å². The molecule has 5 rings (SSSR count). The average molecular weight is 493 g/mol. The van der Waals surface area contributed by atoms with Crippen LogP contribution in [0.25, 0.3) is 11.1 Å². The molecule has 10 nitrogen and oxygen atoms in total. The van der Waals surface area contributed by atoms with Crippen LogP contribution in [0.4, 0.5) is 10.5 Å². The fraction of sp³-hybridized carbons (Fsp3) is 0.462. The van der Waals surface area contributed by atoms with E-state index < -0.39 is 11.9 Å². The Hall–Kier alpha value is -3.82. The van der Waals surface area contributed by atoms with E-state index in [-0.39, 0.29) is 35.0 Å². The zero-order chi connectivity index (χ0) is 25.4. The number of aryl methyl sites for hydroxylation is 1. The Morgan fingerprint density at radius 3 is 2.75 bits per heavy atom. The summed E-state index contributed by atoms with van der Waals surface area (Å²) in [7, 11) is 2.03. The number of likely N-dealkylation sites (tertiary alicyclic amines) is 2. The predicted molar refractivity (Wildman–Crippen MR) is 135 cm³/mol. The molecule has 2 unspecified atom stereocenters. The molecular weight excluding hydrogens is 460 g/mol. The van der Waals surface area contributed by atoms with Gasteiger partial charge < -0.3 is 30.2 Å². The van der Waals surface area contributed by atoms with E-state index in [1.807, 2.05) is 24.2 Å². The van der Waals surface area contributed by atoms with Crippen LogP contribution in [0, 0.1) is 12.8 Å². The lowest BCUT2D eigenvalue weighted by Gasteiger charge is -2.37. The van der Waals surface area contributed by atoms with E-state index >= 15 is 0 Å². The molecule has 4 amide bonds. The van der Waals surface area contributed by atoms with E-state index in [0.29, 0.717) is 18.5 Å². The number of anilines is 1. The summed E-state index contributed by atoms with van der Waals surface area (Å²) in [5.41, 5.74) is 7.92. The topological polar surface area (TPSA) is 125 Å². The van der Waals surface area contributed by atoms with Crippen LogP contribution in [0.3, 0.4) is 0 Å². The summed E-state index contributed by atoms with van der Waals surface area (Å²) in [4.78, 5) is 48.9. The molecule has 2 fully saturated rings. The van der Waals surface area contributed by atoms with Crippen molar-refractivity contribution in [2.75, 3.05) is 38.5 Å². The molecule has 2 aromatic rings. The maximum Gasteiger partial charge on any atom is 0.321 e. The van der Waals surface area contributed by atoms with Gasteiger partial charge in [-0.2, -0.15) is 0 Å². The number of amides is 4. The monoisotopic (exact) mass is 492 g/mol. The summed E-state index contributed by atoms with van der Waals surface area (Å²) in [6, 6.07) is 3.24. The average Bonchev–Trinajstić information content (AvgIpc) is 3.49. The minimum absolute atomic E-state index is 0.111. The Morgan fingerprint density at radius 2 is 1.97 bits per heavy atom. The quantitative estimate of drug-likeness (QED) is 0.676. The number of likely N-dealkylation sites (N-methyl/N-ethyl adjacent to an activating group) is 1. The maximum absolute atomic E-state index is 13.6. The second-order valence-corrected chi connectivity index (χ2v) is 9.88. The van der Waals surface area contributed by atoms with Gasteiger partial charge in [0.25, 0.3) is 5.91 Å². The van der Waals surface area contributed by atoms with Crippen molar-refractivity contribution in [3.05, 3.63) is 47.5 Å². The van der Waals surface area contributed by atoms with Crippen molar-refractivity contribution in [1.82, 2.24) is 19.7 Å². The molecule has 0 bridgehead atoms. The van der Waals surface area contributed by atoms with Gasteiger partial charge in [0.05, 0.1) is 17.3 Å². The number of hydrogen-bond donors (Lipinski definition) is 2. The van der Waals surface area contributed by atoms with E-state index in [9.17, 15) is 14.4 Å². The van der Waals surface area contributed by atoms with Crippen LogP contribution in [0.15, 0.2) is 40.5 Å². The van der Waals surface area contributed by atoms with Crippen molar-refractivity contribution in [3.8, 4) is 0 Å². The number of nitrogens with two attached hydrogens (primary N) is 1. The molecule has 0 aliphatic carbocycles. The van der Waals surface area contributed by atoms with E-state index in [4.69, 9.17) is 10.2 Å². The predicted octanol–water partition coefficient (Wildman–Crippen LogP) is 2.86. The molecule has 3 N–H and O–H groups in total. The van der Waals surface area contributed by atoms with E-state index in [0.717, 1.165) is 44.5 Å². The molecule has 2 saturated heterocycles. The second-order valence-electron chi connectivity index (χ2n) is 9.88. The van der Waals surface area contributed by atoms with Crippen LogP contribution in [0.2, 0.25) is 0 Å². The molecule has 0 aromatic carbocycles. The number of primary amides is 1. The number of urea groups is 1. The molecule has 2 atom stereocenters. The molecule has 3 aliphatic rings. The van der Waals surface area contributed by atoms with Crippen LogP contribution in [0.1, 0.15) is 41.9 Å². The van der Waals surface area contributed by atoms with Gasteiger partial charge in [-0.25, -0.2) is 9.78 Å². The molecule has 0 spiro atoms. The van der Waals surface area contributed by atoms with Crippen molar-refractivity contribution >= 4 is 34.6 Å². The van der Waals surface area contributed by atoms with Gasteiger partial charge in [-0.05, 0) is 62.6 Å². The van der Waals surface area contributed by atoms with Gasteiger partial charge in [-0.3, -0.25) is 9.59 Å². The first kappa shape index (κ1) is 23.9. The smallest absolute Gasteiger partial charge is 0.321 e. The number of nitrogens with zero attached hydrogens (tertiary/aromatic N) is 4. The van der Waals surface area contributed by atoms with Crippen molar-refractivity contribution in [3.63, 3.8) is 0 Å². The number of fused-ring (bicyclic) bond motifs is 1. The lowest BCUT2D eigenvalue weighted by Crippen LogP contribution is -2.49.